The van der Waals surface area contributed by atoms with E-state index in [1.54, 1.807) is 6.92 Å². The van der Waals surface area contributed by atoms with Gasteiger partial charge in [-0.2, -0.15) is 0 Å². The summed E-state index contributed by atoms with van der Waals surface area (Å²) < 4.78 is 13.3. The number of nitrogens with zero attached hydrogens (tertiary/aromatic N) is 2. The number of thioether (sulfide) groups is 1. The number of nitrogens with one attached hydrogen (secondary N) is 1. The molecule has 1 aliphatic heterocycles. The molecule has 8 nitrogen and oxygen atoms in total. The lowest BCUT2D eigenvalue weighted by Gasteiger charge is -2.18. The fraction of sp³-hybridized carbons (Fsp3) is 0.250. The topological polar surface area (TPSA) is 108 Å². The summed E-state index contributed by atoms with van der Waals surface area (Å²) in [5, 5.41) is 2.05. The van der Waals surface area contributed by atoms with Crippen LogP contribution in [0.1, 0.15) is 29.4 Å². The fourth-order valence-corrected chi connectivity index (χ4v) is 5.34. The number of ether oxygens (including phenoxy) is 2. The van der Waals surface area contributed by atoms with Gasteiger partial charge in [0.05, 0.1) is 11.0 Å². The Hall–Kier alpha value is -3.98. The van der Waals surface area contributed by atoms with Crippen LogP contribution in [0.3, 0.4) is 0 Å². The highest BCUT2D eigenvalue weighted by Gasteiger charge is 2.43. The van der Waals surface area contributed by atoms with Crippen molar-refractivity contribution in [2.45, 2.75) is 38.5 Å². The van der Waals surface area contributed by atoms with Crippen LogP contribution in [0.5, 0.6) is 17.2 Å². The molecule has 4 aromatic rings. The van der Waals surface area contributed by atoms with Crippen LogP contribution >= 0.6 is 11.8 Å². The van der Waals surface area contributed by atoms with Crippen LogP contribution in [0.2, 0.25) is 0 Å². The van der Waals surface area contributed by atoms with Crippen molar-refractivity contribution >= 4 is 39.6 Å². The molecule has 2 heterocycles. The molecule has 0 saturated carbocycles. The van der Waals surface area contributed by atoms with Gasteiger partial charge in [0.2, 0.25) is 5.91 Å². The number of hydrogen-bond acceptors (Lipinski definition) is 7. The maximum atomic E-state index is 12.1. The molecule has 5 rings (SSSR count). The minimum absolute atomic E-state index is 0.253. The van der Waals surface area contributed by atoms with Gasteiger partial charge in [0.1, 0.15) is 34.4 Å². The molecule has 0 unspecified atom stereocenters. The van der Waals surface area contributed by atoms with Crippen LogP contribution in [-0.2, 0) is 24.9 Å². The zero-order chi connectivity index (χ0) is 26.3. The van der Waals surface area contributed by atoms with Gasteiger partial charge in [-0.3, -0.25) is 14.9 Å². The third-order valence-electron chi connectivity index (χ3n) is 6.59. The molecule has 3 aromatic carbocycles. The summed E-state index contributed by atoms with van der Waals surface area (Å²) in [6, 6.07) is 17.2. The Morgan fingerprint density at radius 1 is 1.00 bits per heavy atom. The normalized spacial score (nSPS) is 17.3. The number of nitrogen functional groups attached to an aromatic ring is 1. The molecule has 190 valence electrons. The minimum atomic E-state index is -0.791. The van der Waals surface area contributed by atoms with Gasteiger partial charge in [0.15, 0.2) is 0 Å². The van der Waals surface area contributed by atoms with Crippen LogP contribution in [0.25, 0.3) is 11.0 Å². The molecule has 1 aromatic heterocycles. The van der Waals surface area contributed by atoms with Crippen LogP contribution in [0, 0.1) is 13.8 Å². The average Bonchev–Trinajstić information content (AvgIpc) is 3.30. The van der Waals surface area contributed by atoms with Crippen molar-refractivity contribution < 1.29 is 19.1 Å². The molecule has 9 heteroatoms. The van der Waals surface area contributed by atoms with Crippen molar-refractivity contribution in [2.75, 3.05) is 5.73 Å². The third-order valence-corrected chi connectivity index (χ3v) is 7.66. The Bertz CT molecular complexity index is 1510. The Labute approximate surface area is 219 Å². The number of amides is 2. The molecule has 0 radical (unpaired) electrons. The Morgan fingerprint density at radius 3 is 2.32 bits per heavy atom. The molecule has 0 spiro atoms. The first kappa shape index (κ1) is 24.7. The van der Waals surface area contributed by atoms with Gasteiger partial charge in [-0.15, -0.1) is 0 Å². The van der Waals surface area contributed by atoms with Gasteiger partial charge < -0.3 is 19.8 Å². The highest BCUT2D eigenvalue weighted by Crippen LogP contribution is 2.35. The van der Waals surface area contributed by atoms with Gasteiger partial charge >= 0.3 is 0 Å². The van der Waals surface area contributed by atoms with Gasteiger partial charge in [-0.05, 0) is 92.0 Å². The number of hydrogen-bond donors (Lipinski definition) is 2. The minimum Gasteiger partial charge on any atom is -0.486 e. The second-order valence-electron chi connectivity index (χ2n) is 9.49. The van der Waals surface area contributed by atoms with Crippen LogP contribution in [0.4, 0.5) is 10.5 Å². The number of carbonyl (C=O) groups is 2. The number of imide groups is 1. The highest BCUT2D eigenvalue weighted by atomic mass is 32.2. The Kier molecular flexibility index (Phi) is 6.33. The van der Waals surface area contributed by atoms with E-state index in [0.717, 1.165) is 56.7 Å². The van der Waals surface area contributed by atoms with Crippen LogP contribution in [0.15, 0.2) is 54.6 Å². The second kappa shape index (κ2) is 9.48. The van der Waals surface area contributed by atoms with Gasteiger partial charge in [0, 0.05) is 18.8 Å². The van der Waals surface area contributed by atoms with E-state index < -0.39 is 4.75 Å². The summed E-state index contributed by atoms with van der Waals surface area (Å²) in [5.41, 5.74) is 11.5. The van der Waals surface area contributed by atoms with E-state index in [-0.39, 0.29) is 11.1 Å². The standard InChI is InChI=1S/C28H28N4O4S/c1-16-11-21(12-17(2)25(16)29)36-20-9-10-22-23(13-20)32(4)24(30-22)15-35-19-7-5-18(6-8-19)14-28(3)26(33)31-27(34)37-28/h5-13H,14-15,29H2,1-4H3,(H,31,33,34)/t28-/m1/s1. The molecule has 2 amide bonds. The number of aryl methyl sites for hydroxylation is 3. The quantitative estimate of drug-likeness (QED) is 0.315. The monoisotopic (exact) mass is 516 g/mol. The lowest BCUT2D eigenvalue weighted by molar-refractivity contribution is -0.121. The predicted molar refractivity (Wildman–Crippen MR) is 145 cm³/mol. The molecule has 3 N–H and O–H groups in total. The molecule has 1 atom stereocenters. The fourth-order valence-electron chi connectivity index (χ4n) is 4.40. The summed E-state index contributed by atoms with van der Waals surface area (Å²) in [6.07, 6.45) is 0.459. The maximum Gasteiger partial charge on any atom is 0.286 e. The molecule has 37 heavy (non-hydrogen) atoms. The van der Waals surface area contributed by atoms with Crippen LogP contribution < -0.4 is 20.5 Å². The number of fused-ring (bicyclic) bond motifs is 1. The smallest absolute Gasteiger partial charge is 0.286 e. The summed E-state index contributed by atoms with van der Waals surface area (Å²) in [6.45, 7) is 6.01. The molecule has 0 bridgehead atoms. The summed E-state index contributed by atoms with van der Waals surface area (Å²) in [7, 11) is 1.95. The van der Waals surface area contributed by atoms with Gasteiger partial charge in [0.25, 0.3) is 5.24 Å². The Morgan fingerprint density at radius 2 is 1.68 bits per heavy atom. The van der Waals surface area contributed by atoms with E-state index in [2.05, 4.69) is 5.32 Å². The predicted octanol–water partition coefficient (Wildman–Crippen LogP) is 5.43. The number of anilines is 1. The van der Waals surface area contributed by atoms with Gasteiger partial charge in [-0.25, -0.2) is 4.98 Å². The number of carbonyl (C=O) groups excluding carboxylic acids is 2. The molecular formula is C28H28N4O4S. The zero-order valence-electron chi connectivity index (χ0n) is 21.1. The molecule has 0 aliphatic carbocycles. The number of imidazole rings is 1. The number of benzene rings is 3. The van der Waals surface area contributed by atoms with Crippen molar-refractivity contribution in [1.82, 2.24) is 14.9 Å². The van der Waals surface area contributed by atoms with Crippen molar-refractivity contribution in [3.63, 3.8) is 0 Å². The van der Waals surface area contributed by atoms with Crippen molar-refractivity contribution in [3.8, 4) is 17.2 Å². The molecular weight excluding hydrogens is 488 g/mol. The first-order chi connectivity index (χ1) is 17.6. The molecule has 1 saturated heterocycles. The lowest BCUT2D eigenvalue weighted by Crippen LogP contribution is -2.35. The lowest BCUT2D eigenvalue weighted by atomic mass is 9.99. The van der Waals surface area contributed by atoms with Crippen molar-refractivity contribution in [1.29, 1.82) is 0 Å². The Balaban J connectivity index is 1.26. The van der Waals surface area contributed by atoms with E-state index in [1.807, 2.05) is 80.1 Å². The SMILES string of the molecule is Cc1cc(Oc2ccc3nc(COc4ccc(C[C@@]5(C)SC(=O)NC5=O)cc4)n(C)c3c2)cc(C)c1N. The van der Waals surface area contributed by atoms with E-state index in [9.17, 15) is 9.59 Å². The summed E-state index contributed by atoms with van der Waals surface area (Å²) in [4.78, 5) is 28.4. The van der Waals surface area contributed by atoms with Crippen LogP contribution in [-0.4, -0.2) is 25.4 Å². The maximum absolute atomic E-state index is 12.1. The second-order valence-corrected chi connectivity index (χ2v) is 11.0. The summed E-state index contributed by atoms with van der Waals surface area (Å²) >= 11 is 1.03. The highest BCUT2D eigenvalue weighted by molar-refractivity contribution is 8.16. The number of nitrogens with two attached hydrogens (primary N) is 1. The number of aromatic nitrogens is 2. The van der Waals surface area contributed by atoms with E-state index >= 15 is 0 Å². The first-order valence-electron chi connectivity index (χ1n) is 11.9. The molecule has 1 aliphatic rings. The largest absolute Gasteiger partial charge is 0.486 e. The van der Waals surface area contributed by atoms with Crippen molar-refractivity contribution in [2.24, 2.45) is 7.05 Å². The van der Waals surface area contributed by atoms with E-state index in [0.29, 0.717) is 24.5 Å². The average molecular weight is 517 g/mol. The zero-order valence-corrected chi connectivity index (χ0v) is 21.9. The van der Waals surface area contributed by atoms with E-state index in [1.165, 1.54) is 0 Å². The third kappa shape index (κ3) is 4.99. The van der Waals surface area contributed by atoms with E-state index in [4.69, 9.17) is 20.2 Å². The van der Waals surface area contributed by atoms with Gasteiger partial charge in [-0.1, -0.05) is 12.1 Å². The van der Waals surface area contributed by atoms with Crippen molar-refractivity contribution in [3.05, 3.63) is 77.1 Å². The number of rotatable bonds is 7. The molecule has 1 fully saturated rings. The first-order valence-corrected chi connectivity index (χ1v) is 12.7. The summed E-state index contributed by atoms with van der Waals surface area (Å²) in [5.74, 6) is 2.67.